The molecule has 0 saturated heterocycles. The van der Waals surface area contributed by atoms with Crippen molar-refractivity contribution in [1.29, 1.82) is 0 Å². The first kappa shape index (κ1) is 15.7. The van der Waals surface area contributed by atoms with Crippen molar-refractivity contribution in [2.45, 2.75) is 6.92 Å². The second kappa shape index (κ2) is 6.93. The minimum absolute atomic E-state index is 0.408. The summed E-state index contributed by atoms with van der Waals surface area (Å²) in [7, 11) is 0. The van der Waals surface area contributed by atoms with Gasteiger partial charge in [-0.3, -0.25) is 0 Å². The van der Waals surface area contributed by atoms with Gasteiger partial charge < -0.3 is 10.6 Å². The van der Waals surface area contributed by atoms with Gasteiger partial charge in [0.15, 0.2) is 5.82 Å². The van der Waals surface area contributed by atoms with Crippen LogP contribution in [0.25, 0.3) is 0 Å². The summed E-state index contributed by atoms with van der Waals surface area (Å²) in [5.74, 6) is 1.02. The number of rotatable bonds is 4. The molecule has 3 aromatic rings. The van der Waals surface area contributed by atoms with Gasteiger partial charge in [-0.25, -0.2) is 0 Å². The van der Waals surface area contributed by atoms with Crippen LogP contribution in [0.15, 0.2) is 53.1 Å². The Hall–Kier alpha value is -2.18. The minimum Gasteiger partial charge on any atom is -0.339 e. The summed E-state index contributed by atoms with van der Waals surface area (Å²) in [5.41, 5.74) is 2.91. The van der Waals surface area contributed by atoms with Crippen molar-refractivity contribution in [2.75, 3.05) is 10.6 Å². The zero-order chi connectivity index (χ0) is 16.2. The SMILES string of the molecule is Cc1cc(Nc2cnnc(Nc3ccc(Cl)cc3)n2)ccc1Br. The Morgan fingerprint density at radius 2 is 1.74 bits per heavy atom. The lowest BCUT2D eigenvalue weighted by molar-refractivity contribution is 0.982. The smallest absolute Gasteiger partial charge is 0.249 e. The number of anilines is 4. The summed E-state index contributed by atoms with van der Waals surface area (Å²) in [5, 5.41) is 14.9. The van der Waals surface area contributed by atoms with E-state index in [1.165, 1.54) is 0 Å². The Balaban J connectivity index is 1.76. The first-order chi connectivity index (χ1) is 11.1. The maximum atomic E-state index is 5.87. The quantitative estimate of drug-likeness (QED) is 0.650. The Bertz CT molecular complexity index is 823. The fourth-order valence-electron chi connectivity index (χ4n) is 1.95. The molecule has 0 bridgehead atoms. The van der Waals surface area contributed by atoms with Gasteiger partial charge in [0.05, 0.1) is 6.20 Å². The summed E-state index contributed by atoms with van der Waals surface area (Å²) < 4.78 is 1.06. The molecule has 0 saturated carbocycles. The van der Waals surface area contributed by atoms with Gasteiger partial charge in [0.1, 0.15) is 0 Å². The molecule has 0 aliphatic rings. The normalized spacial score (nSPS) is 10.4. The summed E-state index contributed by atoms with van der Waals surface area (Å²) in [6.45, 7) is 2.03. The highest BCUT2D eigenvalue weighted by atomic mass is 79.9. The third-order valence-corrected chi connectivity index (χ3v) is 4.23. The van der Waals surface area contributed by atoms with Crippen LogP contribution in [0, 0.1) is 6.92 Å². The lowest BCUT2D eigenvalue weighted by Gasteiger charge is -2.09. The molecule has 2 N–H and O–H groups in total. The Kier molecular flexibility index (Phi) is 4.73. The molecule has 0 aliphatic heterocycles. The van der Waals surface area contributed by atoms with E-state index in [0.29, 0.717) is 16.8 Å². The number of benzene rings is 2. The zero-order valence-corrected chi connectivity index (χ0v) is 14.6. The Morgan fingerprint density at radius 1 is 1.00 bits per heavy atom. The average molecular weight is 391 g/mol. The molecular weight excluding hydrogens is 378 g/mol. The lowest BCUT2D eigenvalue weighted by Crippen LogP contribution is -2.02. The summed E-state index contributed by atoms with van der Waals surface area (Å²) in [6, 6.07) is 13.3. The van der Waals surface area contributed by atoms with Crippen LogP contribution in [0.1, 0.15) is 5.56 Å². The molecule has 116 valence electrons. The molecule has 3 rings (SSSR count). The standard InChI is InChI=1S/C16H13BrClN5/c1-10-8-13(6-7-14(10)17)20-15-9-19-23-16(22-15)21-12-4-2-11(18)3-5-12/h2-9H,1H3,(H2,20,21,22,23). The van der Waals surface area contributed by atoms with Crippen molar-refractivity contribution < 1.29 is 0 Å². The summed E-state index contributed by atoms with van der Waals surface area (Å²) >= 11 is 9.35. The molecule has 0 fully saturated rings. The predicted molar refractivity (Wildman–Crippen MR) is 96.7 cm³/mol. The topological polar surface area (TPSA) is 62.7 Å². The second-order valence-corrected chi connectivity index (χ2v) is 6.18. The zero-order valence-electron chi connectivity index (χ0n) is 12.2. The first-order valence-electron chi connectivity index (χ1n) is 6.86. The molecule has 0 aliphatic carbocycles. The number of hydrogen-bond acceptors (Lipinski definition) is 5. The number of aromatic nitrogens is 3. The van der Waals surface area contributed by atoms with E-state index in [1.807, 2.05) is 37.3 Å². The molecule has 5 nitrogen and oxygen atoms in total. The number of nitrogens with zero attached hydrogens (tertiary/aromatic N) is 3. The largest absolute Gasteiger partial charge is 0.339 e. The van der Waals surface area contributed by atoms with Crippen LogP contribution in [0.5, 0.6) is 0 Å². The van der Waals surface area contributed by atoms with Gasteiger partial charge in [-0.1, -0.05) is 27.5 Å². The van der Waals surface area contributed by atoms with E-state index < -0.39 is 0 Å². The molecule has 23 heavy (non-hydrogen) atoms. The number of nitrogens with one attached hydrogen (secondary N) is 2. The van der Waals surface area contributed by atoms with E-state index in [-0.39, 0.29) is 0 Å². The van der Waals surface area contributed by atoms with Gasteiger partial charge in [-0.05, 0) is 55.0 Å². The van der Waals surface area contributed by atoms with Crippen molar-refractivity contribution in [1.82, 2.24) is 15.2 Å². The molecule has 2 aromatic carbocycles. The lowest BCUT2D eigenvalue weighted by atomic mass is 10.2. The van der Waals surface area contributed by atoms with E-state index in [2.05, 4.69) is 41.7 Å². The molecule has 0 spiro atoms. The van der Waals surface area contributed by atoms with Crippen LogP contribution in [0.4, 0.5) is 23.1 Å². The van der Waals surface area contributed by atoms with Crippen LogP contribution in [0.3, 0.4) is 0 Å². The molecule has 7 heteroatoms. The monoisotopic (exact) mass is 389 g/mol. The van der Waals surface area contributed by atoms with Crippen LogP contribution in [-0.2, 0) is 0 Å². The average Bonchev–Trinajstić information content (AvgIpc) is 2.54. The predicted octanol–water partition coefficient (Wildman–Crippen LogP) is 5.08. The van der Waals surface area contributed by atoms with Gasteiger partial charge in [-0.15, -0.1) is 5.10 Å². The van der Waals surface area contributed by atoms with Crippen LogP contribution in [0.2, 0.25) is 5.02 Å². The van der Waals surface area contributed by atoms with Gasteiger partial charge in [0, 0.05) is 20.9 Å². The van der Waals surface area contributed by atoms with E-state index in [9.17, 15) is 0 Å². The summed E-state index contributed by atoms with van der Waals surface area (Å²) in [6.07, 6.45) is 1.57. The van der Waals surface area contributed by atoms with Crippen molar-refractivity contribution >= 4 is 50.7 Å². The molecule has 0 amide bonds. The fraction of sp³-hybridized carbons (Fsp3) is 0.0625. The van der Waals surface area contributed by atoms with Crippen molar-refractivity contribution in [3.63, 3.8) is 0 Å². The molecule has 1 heterocycles. The van der Waals surface area contributed by atoms with Gasteiger partial charge in [0.2, 0.25) is 5.95 Å². The van der Waals surface area contributed by atoms with Crippen LogP contribution < -0.4 is 10.6 Å². The molecule has 0 unspecified atom stereocenters. The first-order valence-corrected chi connectivity index (χ1v) is 8.03. The molecule has 1 aromatic heterocycles. The summed E-state index contributed by atoms with van der Waals surface area (Å²) in [4.78, 5) is 4.40. The molecule has 0 radical (unpaired) electrons. The highest BCUT2D eigenvalue weighted by Crippen LogP contribution is 2.23. The number of aryl methyl sites for hydroxylation is 1. The van der Waals surface area contributed by atoms with Crippen LogP contribution in [-0.4, -0.2) is 15.2 Å². The van der Waals surface area contributed by atoms with Crippen molar-refractivity contribution in [2.24, 2.45) is 0 Å². The Morgan fingerprint density at radius 3 is 2.48 bits per heavy atom. The van der Waals surface area contributed by atoms with E-state index >= 15 is 0 Å². The van der Waals surface area contributed by atoms with Crippen molar-refractivity contribution in [3.05, 3.63) is 63.7 Å². The molecule has 0 atom stereocenters. The van der Waals surface area contributed by atoms with E-state index in [4.69, 9.17) is 11.6 Å². The second-order valence-electron chi connectivity index (χ2n) is 4.89. The third-order valence-electron chi connectivity index (χ3n) is 3.09. The highest BCUT2D eigenvalue weighted by Gasteiger charge is 2.03. The third kappa shape index (κ3) is 4.18. The molecular formula is C16H13BrClN5. The maximum Gasteiger partial charge on any atom is 0.249 e. The maximum absolute atomic E-state index is 5.87. The van der Waals surface area contributed by atoms with Gasteiger partial charge >= 0.3 is 0 Å². The minimum atomic E-state index is 0.408. The fourth-order valence-corrected chi connectivity index (χ4v) is 2.32. The van der Waals surface area contributed by atoms with E-state index in [0.717, 1.165) is 21.4 Å². The van der Waals surface area contributed by atoms with Crippen LogP contribution >= 0.6 is 27.5 Å². The van der Waals surface area contributed by atoms with Crippen molar-refractivity contribution in [3.8, 4) is 0 Å². The number of hydrogen-bond donors (Lipinski definition) is 2. The van der Waals surface area contributed by atoms with E-state index in [1.54, 1.807) is 18.3 Å². The highest BCUT2D eigenvalue weighted by molar-refractivity contribution is 9.10. The van der Waals surface area contributed by atoms with Gasteiger partial charge in [0.25, 0.3) is 0 Å². The number of halogens is 2. The Labute approximate surface area is 147 Å². The van der Waals surface area contributed by atoms with Gasteiger partial charge in [-0.2, -0.15) is 10.1 Å².